The van der Waals surface area contributed by atoms with Gasteiger partial charge in [-0.25, -0.2) is 4.98 Å². The minimum absolute atomic E-state index is 0.0759. The summed E-state index contributed by atoms with van der Waals surface area (Å²) in [5, 5.41) is 14.7. The van der Waals surface area contributed by atoms with E-state index in [0.717, 1.165) is 26.4 Å². The second-order valence-electron chi connectivity index (χ2n) is 6.29. The van der Waals surface area contributed by atoms with E-state index in [2.05, 4.69) is 10.3 Å². The number of nitrogens with one attached hydrogen (secondary N) is 1. The monoisotopic (exact) mass is 423 g/mol. The van der Waals surface area contributed by atoms with Gasteiger partial charge in [0, 0.05) is 24.2 Å². The molecule has 0 aliphatic rings. The van der Waals surface area contributed by atoms with Crippen LogP contribution < -0.4 is 5.32 Å². The maximum atomic E-state index is 12.4. The minimum Gasteiger partial charge on any atom is -0.348 e. The third-order valence-electron chi connectivity index (χ3n) is 4.35. The van der Waals surface area contributed by atoms with Gasteiger partial charge in [0.2, 0.25) is 0 Å². The summed E-state index contributed by atoms with van der Waals surface area (Å²) in [6.07, 6.45) is 0. The van der Waals surface area contributed by atoms with Crippen LogP contribution in [-0.4, -0.2) is 15.8 Å². The van der Waals surface area contributed by atoms with Crippen molar-refractivity contribution in [1.82, 2.24) is 10.3 Å². The van der Waals surface area contributed by atoms with Gasteiger partial charge in [0.25, 0.3) is 11.6 Å². The van der Waals surface area contributed by atoms with E-state index >= 15 is 0 Å². The van der Waals surface area contributed by atoms with E-state index in [1.165, 1.54) is 18.2 Å². The Morgan fingerprint density at radius 3 is 2.59 bits per heavy atom. The van der Waals surface area contributed by atoms with Gasteiger partial charge in [0.15, 0.2) is 0 Å². The van der Waals surface area contributed by atoms with Crippen molar-refractivity contribution in [1.29, 1.82) is 0 Å². The van der Waals surface area contributed by atoms with Crippen molar-refractivity contribution in [2.45, 2.75) is 6.54 Å². The van der Waals surface area contributed by atoms with E-state index in [-0.39, 0.29) is 22.8 Å². The molecule has 8 heteroatoms. The normalized spacial score (nSPS) is 10.8. The first kappa shape index (κ1) is 19.0. The zero-order valence-corrected chi connectivity index (χ0v) is 16.5. The molecule has 6 nitrogen and oxygen atoms in total. The topological polar surface area (TPSA) is 85.1 Å². The predicted molar refractivity (Wildman–Crippen MR) is 114 cm³/mol. The number of hydrogen-bond donors (Lipinski definition) is 1. The number of rotatable bonds is 5. The van der Waals surface area contributed by atoms with Gasteiger partial charge in [-0.15, -0.1) is 11.3 Å². The molecular formula is C21H14ClN3O3S. The lowest BCUT2D eigenvalue weighted by molar-refractivity contribution is -0.384. The van der Waals surface area contributed by atoms with E-state index in [0.29, 0.717) is 0 Å². The fourth-order valence-corrected chi connectivity index (χ4v) is 4.01. The first-order chi connectivity index (χ1) is 14.0. The van der Waals surface area contributed by atoms with Crippen LogP contribution in [0.15, 0.2) is 66.7 Å². The van der Waals surface area contributed by atoms with Crippen molar-refractivity contribution >= 4 is 44.7 Å². The molecule has 1 N–H and O–H groups in total. The van der Waals surface area contributed by atoms with Crippen molar-refractivity contribution in [3.8, 4) is 10.6 Å². The van der Waals surface area contributed by atoms with E-state index < -0.39 is 10.8 Å². The Morgan fingerprint density at radius 2 is 1.86 bits per heavy atom. The highest BCUT2D eigenvalue weighted by atomic mass is 35.5. The van der Waals surface area contributed by atoms with Crippen molar-refractivity contribution in [2.75, 3.05) is 0 Å². The lowest BCUT2D eigenvalue weighted by atomic mass is 10.1. The number of fused-ring (bicyclic) bond motifs is 1. The van der Waals surface area contributed by atoms with Crippen LogP contribution in [0, 0.1) is 10.1 Å². The number of hydrogen-bond acceptors (Lipinski definition) is 5. The van der Waals surface area contributed by atoms with E-state index in [9.17, 15) is 14.9 Å². The van der Waals surface area contributed by atoms with Gasteiger partial charge in [-0.3, -0.25) is 14.9 Å². The van der Waals surface area contributed by atoms with Crippen LogP contribution >= 0.6 is 22.9 Å². The molecule has 0 spiro atoms. The molecular weight excluding hydrogens is 410 g/mol. The summed E-state index contributed by atoms with van der Waals surface area (Å²) in [4.78, 5) is 27.3. The molecule has 0 atom stereocenters. The molecule has 1 amide bonds. The Bertz CT molecular complexity index is 1190. The number of benzene rings is 3. The molecule has 4 aromatic rings. The summed E-state index contributed by atoms with van der Waals surface area (Å²) in [7, 11) is 0. The number of para-hydroxylation sites is 1. The molecule has 0 fully saturated rings. The van der Waals surface area contributed by atoms with Crippen LogP contribution in [0.3, 0.4) is 0 Å². The van der Waals surface area contributed by atoms with E-state index in [1.807, 2.05) is 48.5 Å². The van der Waals surface area contributed by atoms with Gasteiger partial charge >= 0.3 is 0 Å². The maximum Gasteiger partial charge on any atom is 0.270 e. The summed E-state index contributed by atoms with van der Waals surface area (Å²) >= 11 is 7.64. The molecule has 144 valence electrons. The Labute approximate surface area is 174 Å². The maximum absolute atomic E-state index is 12.4. The Morgan fingerprint density at radius 1 is 1.10 bits per heavy atom. The van der Waals surface area contributed by atoms with Crippen LogP contribution in [0.1, 0.15) is 15.9 Å². The molecule has 0 bridgehead atoms. The summed E-state index contributed by atoms with van der Waals surface area (Å²) in [5.41, 5.74) is 2.76. The lowest BCUT2D eigenvalue weighted by Gasteiger charge is -2.07. The molecule has 0 unspecified atom stereocenters. The van der Waals surface area contributed by atoms with Gasteiger partial charge in [0.1, 0.15) is 5.01 Å². The van der Waals surface area contributed by atoms with Crippen LogP contribution in [0.25, 0.3) is 20.8 Å². The highest BCUT2D eigenvalue weighted by Gasteiger charge is 2.15. The molecule has 1 heterocycles. The minimum atomic E-state index is -0.562. The quantitative estimate of drug-likeness (QED) is 0.341. The van der Waals surface area contributed by atoms with E-state index in [4.69, 9.17) is 11.6 Å². The molecule has 0 aliphatic heterocycles. The van der Waals surface area contributed by atoms with Crippen LogP contribution in [0.5, 0.6) is 0 Å². The number of nitrogens with zero attached hydrogens (tertiary/aromatic N) is 2. The van der Waals surface area contributed by atoms with Crippen molar-refractivity contribution in [3.63, 3.8) is 0 Å². The Kier molecular flexibility index (Phi) is 5.24. The Balaban J connectivity index is 1.46. The molecule has 0 aliphatic carbocycles. The molecule has 0 saturated carbocycles. The number of carbonyl (C=O) groups is 1. The predicted octanol–water partition coefficient (Wildman–Crippen LogP) is 5.45. The number of aromatic nitrogens is 1. The summed E-state index contributed by atoms with van der Waals surface area (Å²) in [6, 6.07) is 19.5. The highest BCUT2D eigenvalue weighted by molar-refractivity contribution is 7.21. The average molecular weight is 424 g/mol. The first-order valence-corrected chi connectivity index (χ1v) is 9.88. The number of carbonyl (C=O) groups excluding carboxylic acids is 1. The highest BCUT2D eigenvalue weighted by Crippen LogP contribution is 2.30. The van der Waals surface area contributed by atoms with Crippen LogP contribution in [0.4, 0.5) is 5.69 Å². The summed E-state index contributed by atoms with van der Waals surface area (Å²) < 4.78 is 1.13. The standard InChI is InChI=1S/C21H14ClN3O3S/c22-17-10-9-15(25(27)28)11-16(17)20(26)23-12-13-5-7-14(8-6-13)21-24-18-3-1-2-4-19(18)29-21/h1-11H,12H2,(H,23,26). The third-order valence-corrected chi connectivity index (χ3v) is 5.77. The van der Waals surface area contributed by atoms with Crippen LogP contribution in [-0.2, 0) is 6.54 Å². The molecule has 4 rings (SSSR count). The Hall–Kier alpha value is -3.29. The second kappa shape index (κ2) is 7.98. The molecule has 0 saturated heterocycles. The van der Waals surface area contributed by atoms with Gasteiger partial charge in [-0.05, 0) is 23.8 Å². The van der Waals surface area contributed by atoms with Crippen molar-refractivity contribution in [2.24, 2.45) is 0 Å². The first-order valence-electron chi connectivity index (χ1n) is 8.68. The number of halogens is 1. The van der Waals surface area contributed by atoms with Crippen molar-refractivity contribution in [3.05, 3.63) is 93.0 Å². The average Bonchev–Trinajstić information content (AvgIpc) is 3.17. The largest absolute Gasteiger partial charge is 0.348 e. The van der Waals surface area contributed by atoms with E-state index in [1.54, 1.807) is 11.3 Å². The molecule has 3 aromatic carbocycles. The smallest absolute Gasteiger partial charge is 0.270 e. The van der Waals surface area contributed by atoms with Crippen LogP contribution in [0.2, 0.25) is 5.02 Å². The fraction of sp³-hybridized carbons (Fsp3) is 0.0476. The number of thiazole rings is 1. The number of nitro groups is 1. The van der Waals surface area contributed by atoms with Gasteiger partial charge in [0.05, 0.1) is 25.7 Å². The van der Waals surface area contributed by atoms with Crippen molar-refractivity contribution < 1.29 is 9.72 Å². The molecule has 29 heavy (non-hydrogen) atoms. The SMILES string of the molecule is O=C(NCc1ccc(-c2nc3ccccc3s2)cc1)c1cc([N+](=O)[O-])ccc1Cl. The second-order valence-corrected chi connectivity index (χ2v) is 7.73. The number of nitro benzene ring substituents is 1. The number of non-ortho nitro benzene ring substituents is 1. The number of amides is 1. The summed E-state index contributed by atoms with van der Waals surface area (Å²) in [5.74, 6) is -0.464. The molecule has 0 radical (unpaired) electrons. The third kappa shape index (κ3) is 4.11. The zero-order chi connectivity index (χ0) is 20.4. The van der Waals surface area contributed by atoms with Gasteiger partial charge in [-0.1, -0.05) is 48.0 Å². The summed E-state index contributed by atoms with van der Waals surface area (Å²) in [6.45, 7) is 0.276. The molecule has 1 aromatic heterocycles. The zero-order valence-electron chi connectivity index (χ0n) is 15.0. The fourth-order valence-electron chi connectivity index (χ4n) is 2.84. The van der Waals surface area contributed by atoms with Gasteiger partial charge < -0.3 is 5.32 Å². The lowest BCUT2D eigenvalue weighted by Crippen LogP contribution is -2.23. The van der Waals surface area contributed by atoms with Gasteiger partial charge in [-0.2, -0.15) is 0 Å².